The first kappa shape index (κ1) is 10.6. The lowest BCUT2D eigenvalue weighted by Gasteiger charge is -2.22. The number of rotatable bonds is 1. The van der Waals surface area contributed by atoms with Crippen molar-refractivity contribution in [3.63, 3.8) is 0 Å². The first-order valence-corrected chi connectivity index (χ1v) is 6.96. The third-order valence-corrected chi connectivity index (χ3v) is 4.02. The third-order valence-electron chi connectivity index (χ3n) is 2.91. The van der Waals surface area contributed by atoms with Gasteiger partial charge in [-0.1, -0.05) is 6.07 Å². The van der Waals surface area contributed by atoms with E-state index in [0.717, 1.165) is 24.8 Å². The Bertz CT molecular complexity index is 479. The Balaban J connectivity index is 2.53. The predicted molar refractivity (Wildman–Crippen MR) is 59.4 cm³/mol. The van der Waals surface area contributed by atoms with Gasteiger partial charge in [0.1, 0.15) is 0 Å². The summed E-state index contributed by atoms with van der Waals surface area (Å²) in [6, 6.07) is 5.29. The molecule has 2 N–H and O–H groups in total. The first-order chi connectivity index (χ1) is 6.98. The summed E-state index contributed by atoms with van der Waals surface area (Å²) in [4.78, 5) is 0.374. The molecular weight excluding hydrogens is 210 g/mol. The Kier molecular flexibility index (Phi) is 2.56. The minimum atomic E-state index is -3.12. The molecule has 0 bridgehead atoms. The molecule has 1 atom stereocenters. The molecule has 1 unspecified atom stereocenters. The van der Waals surface area contributed by atoms with Gasteiger partial charge in [-0.3, -0.25) is 0 Å². The number of sulfone groups is 1. The normalized spacial score (nSPS) is 21.1. The summed E-state index contributed by atoms with van der Waals surface area (Å²) in [7, 11) is -3.12. The summed E-state index contributed by atoms with van der Waals surface area (Å²) in [5.41, 5.74) is 8.16. The third kappa shape index (κ3) is 2.06. The minimum Gasteiger partial charge on any atom is -0.324 e. The van der Waals surface area contributed by atoms with Crippen LogP contribution < -0.4 is 5.73 Å². The summed E-state index contributed by atoms with van der Waals surface area (Å²) in [6.07, 6.45) is 4.27. The molecule has 82 valence electrons. The van der Waals surface area contributed by atoms with Crippen LogP contribution in [0.3, 0.4) is 0 Å². The Morgan fingerprint density at radius 1 is 1.40 bits per heavy atom. The standard InChI is InChI=1S/C11H15NO2S/c1-15(13,14)9-6-5-8-3-2-4-11(12)10(8)7-9/h5-7,11H,2-4,12H2,1H3. The average molecular weight is 225 g/mol. The average Bonchev–Trinajstić information content (AvgIpc) is 2.16. The van der Waals surface area contributed by atoms with Crippen molar-refractivity contribution in [2.45, 2.75) is 30.2 Å². The van der Waals surface area contributed by atoms with Crippen molar-refractivity contribution in [1.29, 1.82) is 0 Å². The van der Waals surface area contributed by atoms with Crippen LogP contribution in [-0.4, -0.2) is 14.7 Å². The molecule has 0 aromatic heterocycles. The van der Waals surface area contributed by atoms with Gasteiger partial charge in [-0.15, -0.1) is 0 Å². The molecule has 0 aliphatic heterocycles. The van der Waals surface area contributed by atoms with Gasteiger partial charge in [0, 0.05) is 12.3 Å². The zero-order valence-electron chi connectivity index (χ0n) is 8.73. The minimum absolute atomic E-state index is 0.00421. The van der Waals surface area contributed by atoms with Crippen LogP contribution in [0.5, 0.6) is 0 Å². The fourth-order valence-electron chi connectivity index (χ4n) is 2.04. The summed E-state index contributed by atoms with van der Waals surface area (Å²) in [6.45, 7) is 0. The van der Waals surface area contributed by atoms with Crippen molar-refractivity contribution < 1.29 is 8.42 Å². The maximum Gasteiger partial charge on any atom is 0.175 e. The highest BCUT2D eigenvalue weighted by atomic mass is 32.2. The van der Waals surface area contributed by atoms with Gasteiger partial charge in [-0.05, 0) is 42.5 Å². The molecule has 2 rings (SSSR count). The SMILES string of the molecule is CS(=O)(=O)c1ccc2c(c1)C(N)CCC2. The highest BCUT2D eigenvalue weighted by Gasteiger charge is 2.18. The van der Waals surface area contributed by atoms with Gasteiger partial charge in [0.2, 0.25) is 0 Å². The highest BCUT2D eigenvalue weighted by Crippen LogP contribution is 2.29. The molecule has 0 heterocycles. The smallest absolute Gasteiger partial charge is 0.175 e. The van der Waals surface area contributed by atoms with Crippen LogP contribution in [0.15, 0.2) is 23.1 Å². The van der Waals surface area contributed by atoms with Crippen LogP contribution in [0.25, 0.3) is 0 Å². The van der Waals surface area contributed by atoms with Crippen molar-refractivity contribution >= 4 is 9.84 Å². The van der Waals surface area contributed by atoms with Crippen molar-refractivity contribution in [2.24, 2.45) is 5.73 Å². The Labute approximate surface area is 90.2 Å². The van der Waals surface area contributed by atoms with Crippen LogP contribution >= 0.6 is 0 Å². The van der Waals surface area contributed by atoms with E-state index in [-0.39, 0.29) is 6.04 Å². The second-order valence-electron chi connectivity index (χ2n) is 4.13. The molecule has 3 nitrogen and oxygen atoms in total. The molecule has 0 saturated heterocycles. The van der Waals surface area contributed by atoms with Crippen LogP contribution in [0, 0.1) is 0 Å². The van der Waals surface area contributed by atoms with E-state index in [9.17, 15) is 8.42 Å². The van der Waals surface area contributed by atoms with E-state index in [0.29, 0.717) is 4.90 Å². The van der Waals surface area contributed by atoms with E-state index in [1.807, 2.05) is 6.07 Å². The predicted octanol–water partition coefficient (Wildman–Crippen LogP) is 1.43. The molecule has 1 aliphatic rings. The molecule has 1 aliphatic carbocycles. The lowest BCUT2D eigenvalue weighted by Crippen LogP contribution is -2.18. The quantitative estimate of drug-likeness (QED) is 0.786. The van der Waals surface area contributed by atoms with Gasteiger partial charge in [0.25, 0.3) is 0 Å². The van der Waals surface area contributed by atoms with E-state index in [2.05, 4.69) is 0 Å². The fourth-order valence-corrected chi connectivity index (χ4v) is 2.70. The summed E-state index contributed by atoms with van der Waals surface area (Å²) >= 11 is 0. The number of hydrogen-bond donors (Lipinski definition) is 1. The van der Waals surface area contributed by atoms with E-state index < -0.39 is 9.84 Å². The lowest BCUT2D eigenvalue weighted by molar-refractivity contribution is 0.567. The van der Waals surface area contributed by atoms with Crippen LogP contribution in [-0.2, 0) is 16.3 Å². The number of benzene rings is 1. The summed E-state index contributed by atoms with van der Waals surface area (Å²) < 4.78 is 22.8. The van der Waals surface area contributed by atoms with Crippen molar-refractivity contribution in [2.75, 3.05) is 6.26 Å². The van der Waals surface area contributed by atoms with Gasteiger partial charge >= 0.3 is 0 Å². The maximum absolute atomic E-state index is 11.4. The first-order valence-electron chi connectivity index (χ1n) is 5.07. The highest BCUT2D eigenvalue weighted by molar-refractivity contribution is 7.90. The molecule has 0 radical (unpaired) electrons. The number of aryl methyl sites for hydroxylation is 1. The Morgan fingerprint density at radius 3 is 2.80 bits per heavy atom. The molecule has 0 amide bonds. The van der Waals surface area contributed by atoms with Crippen molar-refractivity contribution in [3.8, 4) is 0 Å². The summed E-state index contributed by atoms with van der Waals surface area (Å²) in [5.74, 6) is 0. The largest absolute Gasteiger partial charge is 0.324 e. The van der Waals surface area contributed by atoms with Crippen LogP contribution in [0.1, 0.15) is 30.0 Å². The van der Waals surface area contributed by atoms with Crippen molar-refractivity contribution in [3.05, 3.63) is 29.3 Å². The maximum atomic E-state index is 11.4. The van der Waals surface area contributed by atoms with E-state index in [1.54, 1.807) is 12.1 Å². The van der Waals surface area contributed by atoms with Gasteiger partial charge in [0.15, 0.2) is 9.84 Å². The monoisotopic (exact) mass is 225 g/mol. The molecule has 0 spiro atoms. The Hall–Kier alpha value is -0.870. The number of fused-ring (bicyclic) bond motifs is 1. The van der Waals surface area contributed by atoms with E-state index >= 15 is 0 Å². The second kappa shape index (κ2) is 3.61. The van der Waals surface area contributed by atoms with Gasteiger partial charge in [-0.25, -0.2) is 8.42 Å². The zero-order valence-corrected chi connectivity index (χ0v) is 9.55. The topological polar surface area (TPSA) is 60.2 Å². The number of nitrogens with two attached hydrogens (primary N) is 1. The molecule has 1 aromatic rings. The zero-order chi connectivity index (χ0) is 11.1. The van der Waals surface area contributed by atoms with Gasteiger partial charge in [0.05, 0.1) is 4.90 Å². The van der Waals surface area contributed by atoms with Gasteiger partial charge < -0.3 is 5.73 Å². The molecule has 0 fully saturated rings. The number of hydrogen-bond acceptors (Lipinski definition) is 3. The van der Waals surface area contributed by atoms with E-state index in [1.165, 1.54) is 11.8 Å². The molecular formula is C11H15NO2S. The molecule has 15 heavy (non-hydrogen) atoms. The Morgan fingerprint density at radius 2 is 2.13 bits per heavy atom. The van der Waals surface area contributed by atoms with Gasteiger partial charge in [-0.2, -0.15) is 0 Å². The molecule has 4 heteroatoms. The molecule has 1 aromatic carbocycles. The lowest BCUT2D eigenvalue weighted by atomic mass is 9.88. The molecule has 0 saturated carbocycles. The van der Waals surface area contributed by atoms with Crippen molar-refractivity contribution in [1.82, 2.24) is 0 Å². The van der Waals surface area contributed by atoms with Crippen LogP contribution in [0.4, 0.5) is 0 Å². The second-order valence-corrected chi connectivity index (χ2v) is 6.15. The summed E-state index contributed by atoms with van der Waals surface area (Å²) in [5, 5.41) is 0. The van der Waals surface area contributed by atoms with Crippen LogP contribution in [0.2, 0.25) is 0 Å². The van der Waals surface area contributed by atoms with E-state index in [4.69, 9.17) is 5.73 Å². The fraction of sp³-hybridized carbons (Fsp3) is 0.455.